The third-order valence-corrected chi connectivity index (χ3v) is 4.79. The van der Waals surface area contributed by atoms with Crippen LogP contribution in [-0.2, 0) is 11.3 Å². The third kappa shape index (κ3) is 4.34. The Hall–Kier alpha value is -2.02. The van der Waals surface area contributed by atoms with Crippen LogP contribution in [0.15, 0.2) is 42.5 Å². The summed E-state index contributed by atoms with van der Waals surface area (Å²) in [5.41, 5.74) is 1.58. The molecule has 1 aliphatic heterocycles. The number of nitrogens with zero attached hydrogens (tertiary/aromatic N) is 1. The minimum Gasteiger partial charge on any atom is -0.322 e. The van der Waals surface area contributed by atoms with Crippen molar-refractivity contribution in [3.05, 3.63) is 63.6 Å². The molecular formula is C17H12Cl2N2O3S. The van der Waals surface area contributed by atoms with E-state index in [1.807, 2.05) is 0 Å². The first-order chi connectivity index (χ1) is 11.9. The topological polar surface area (TPSA) is 66.5 Å². The highest BCUT2D eigenvalue weighted by Gasteiger charge is 2.29. The third-order valence-electron chi connectivity index (χ3n) is 3.49. The number of carbonyl (C=O) groups is 3. The number of imide groups is 1. The molecule has 2 aromatic carbocycles. The number of benzene rings is 2. The Balaban J connectivity index is 1.75. The molecule has 2 aromatic rings. The van der Waals surface area contributed by atoms with Crippen LogP contribution in [-0.4, -0.2) is 27.7 Å². The van der Waals surface area contributed by atoms with Gasteiger partial charge in [0.2, 0.25) is 5.91 Å². The van der Waals surface area contributed by atoms with Crippen LogP contribution in [0.4, 0.5) is 10.5 Å². The molecule has 1 N–H and O–H groups in total. The van der Waals surface area contributed by atoms with Crippen LogP contribution < -0.4 is 5.32 Å². The van der Waals surface area contributed by atoms with Crippen LogP contribution in [0.5, 0.6) is 0 Å². The predicted molar refractivity (Wildman–Crippen MR) is 99.3 cm³/mol. The first-order valence-corrected chi connectivity index (χ1v) is 9.00. The average Bonchev–Trinajstić information content (AvgIpc) is 2.86. The Morgan fingerprint density at radius 1 is 1.12 bits per heavy atom. The number of hydrogen-bond donors (Lipinski definition) is 1. The van der Waals surface area contributed by atoms with Crippen molar-refractivity contribution < 1.29 is 14.4 Å². The number of hydrogen-bond acceptors (Lipinski definition) is 4. The fourth-order valence-electron chi connectivity index (χ4n) is 2.36. The van der Waals surface area contributed by atoms with Gasteiger partial charge in [0.15, 0.2) is 0 Å². The van der Waals surface area contributed by atoms with Gasteiger partial charge in [0.25, 0.3) is 11.1 Å². The summed E-state index contributed by atoms with van der Waals surface area (Å²) in [7, 11) is 0. The number of nitrogens with one attached hydrogen (secondary N) is 1. The molecule has 1 saturated heterocycles. The second-order valence-electron chi connectivity index (χ2n) is 5.35. The minimum atomic E-state index is -0.339. The highest BCUT2D eigenvalue weighted by atomic mass is 35.5. The van der Waals surface area contributed by atoms with Gasteiger partial charge in [-0.2, -0.15) is 0 Å². The summed E-state index contributed by atoms with van der Waals surface area (Å²) in [6, 6.07) is 11.5. The summed E-state index contributed by atoms with van der Waals surface area (Å²) in [4.78, 5) is 37.0. The Labute approximate surface area is 158 Å². The lowest BCUT2D eigenvalue weighted by atomic mass is 10.1. The molecule has 5 nitrogen and oxygen atoms in total. The standard InChI is InChI=1S/C17H12Cl2N2O3S/c18-12-5-13(19)7-14(6-12)20-16(23)11-3-1-2-10(4-11)8-21-15(22)9-25-17(21)24/h1-7H,8-9H2,(H,20,23). The van der Waals surface area contributed by atoms with Gasteiger partial charge in [-0.25, -0.2) is 0 Å². The van der Waals surface area contributed by atoms with Crippen molar-refractivity contribution >= 4 is 57.7 Å². The largest absolute Gasteiger partial charge is 0.322 e. The number of amides is 3. The zero-order valence-electron chi connectivity index (χ0n) is 12.8. The van der Waals surface area contributed by atoms with Gasteiger partial charge in [-0.3, -0.25) is 19.3 Å². The zero-order valence-corrected chi connectivity index (χ0v) is 15.1. The highest BCUT2D eigenvalue weighted by molar-refractivity contribution is 8.14. The second kappa shape index (κ2) is 7.47. The van der Waals surface area contributed by atoms with E-state index in [1.54, 1.807) is 42.5 Å². The van der Waals surface area contributed by atoms with Gasteiger partial charge in [0.05, 0.1) is 12.3 Å². The second-order valence-corrected chi connectivity index (χ2v) is 7.15. The molecule has 0 atom stereocenters. The summed E-state index contributed by atoms with van der Waals surface area (Å²) in [5, 5.41) is 3.28. The molecule has 3 rings (SSSR count). The van der Waals surface area contributed by atoms with E-state index >= 15 is 0 Å². The summed E-state index contributed by atoms with van der Waals surface area (Å²) in [5.74, 6) is -0.402. The molecule has 0 aliphatic carbocycles. The van der Waals surface area contributed by atoms with E-state index in [-0.39, 0.29) is 29.4 Å². The van der Waals surface area contributed by atoms with Crippen LogP contribution in [0.3, 0.4) is 0 Å². The highest BCUT2D eigenvalue weighted by Crippen LogP contribution is 2.24. The van der Waals surface area contributed by atoms with Crippen LogP contribution in [0.25, 0.3) is 0 Å². The fourth-order valence-corrected chi connectivity index (χ4v) is 3.61. The summed E-state index contributed by atoms with van der Waals surface area (Å²) < 4.78 is 0. The van der Waals surface area contributed by atoms with Crippen LogP contribution >= 0.6 is 35.0 Å². The van der Waals surface area contributed by atoms with Crippen LogP contribution in [0.1, 0.15) is 15.9 Å². The molecule has 128 valence electrons. The monoisotopic (exact) mass is 394 g/mol. The molecule has 0 bridgehead atoms. The Bertz CT molecular complexity index is 836. The Morgan fingerprint density at radius 3 is 2.48 bits per heavy atom. The molecule has 1 fully saturated rings. The van der Waals surface area contributed by atoms with Gasteiger partial charge >= 0.3 is 0 Å². The molecule has 0 unspecified atom stereocenters. The Kier molecular flexibility index (Phi) is 5.32. The van der Waals surface area contributed by atoms with Gasteiger partial charge < -0.3 is 5.32 Å². The first-order valence-electron chi connectivity index (χ1n) is 7.26. The van der Waals surface area contributed by atoms with Crippen molar-refractivity contribution in [1.82, 2.24) is 4.90 Å². The van der Waals surface area contributed by atoms with E-state index in [0.29, 0.717) is 26.9 Å². The Morgan fingerprint density at radius 2 is 1.84 bits per heavy atom. The van der Waals surface area contributed by atoms with Crippen molar-refractivity contribution in [2.24, 2.45) is 0 Å². The van der Waals surface area contributed by atoms with Gasteiger partial charge in [0, 0.05) is 21.3 Å². The lowest BCUT2D eigenvalue weighted by molar-refractivity contribution is -0.125. The van der Waals surface area contributed by atoms with E-state index in [4.69, 9.17) is 23.2 Å². The van der Waals surface area contributed by atoms with Gasteiger partial charge in [-0.05, 0) is 35.9 Å². The number of carbonyl (C=O) groups excluding carboxylic acids is 3. The van der Waals surface area contributed by atoms with Crippen molar-refractivity contribution in [1.29, 1.82) is 0 Å². The quantitative estimate of drug-likeness (QED) is 0.831. The van der Waals surface area contributed by atoms with Crippen LogP contribution in [0, 0.1) is 0 Å². The maximum Gasteiger partial charge on any atom is 0.289 e. The normalized spacial score (nSPS) is 14.1. The first kappa shape index (κ1) is 17.8. The van der Waals surface area contributed by atoms with Gasteiger partial charge in [-0.15, -0.1) is 0 Å². The lowest BCUT2D eigenvalue weighted by Gasteiger charge is -2.13. The molecular weight excluding hydrogens is 383 g/mol. The lowest BCUT2D eigenvalue weighted by Crippen LogP contribution is -2.28. The smallest absolute Gasteiger partial charge is 0.289 e. The number of anilines is 1. The van der Waals surface area contributed by atoms with Gasteiger partial charge in [0.1, 0.15) is 0 Å². The number of halogens is 2. The predicted octanol–water partition coefficient (Wildman–Crippen LogP) is 4.44. The molecule has 0 spiro atoms. The molecule has 1 heterocycles. The summed E-state index contributed by atoms with van der Waals surface area (Å²) >= 11 is 12.8. The molecule has 0 saturated carbocycles. The molecule has 8 heteroatoms. The molecule has 0 aromatic heterocycles. The van der Waals surface area contributed by atoms with E-state index in [9.17, 15) is 14.4 Å². The summed E-state index contributed by atoms with van der Waals surface area (Å²) in [6.07, 6.45) is 0. The summed E-state index contributed by atoms with van der Waals surface area (Å²) in [6.45, 7) is 0.148. The molecule has 0 radical (unpaired) electrons. The number of thioether (sulfide) groups is 1. The SMILES string of the molecule is O=C(Nc1cc(Cl)cc(Cl)c1)c1cccc(CN2C(=O)CSC2=O)c1. The van der Waals surface area contributed by atoms with E-state index in [0.717, 1.165) is 11.8 Å². The average molecular weight is 395 g/mol. The van der Waals surface area contributed by atoms with Crippen LogP contribution in [0.2, 0.25) is 10.0 Å². The van der Waals surface area contributed by atoms with Gasteiger partial charge in [-0.1, -0.05) is 47.1 Å². The van der Waals surface area contributed by atoms with Crippen molar-refractivity contribution in [2.75, 3.05) is 11.1 Å². The maximum atomic E-state index is 12.4. The van der Waals surface area contributed by atoms with E-state index in [1.165, 1.54) is 4.90 Å². The van der Waals surface area contributed by atoms with Crippen molar-refractivity contribution in [3.8, 4) is 0 Å². The van der Waals surface area contributed by atoms with E-state index < -0.39 is 0 Å². The number of rotatable bonds is 4. The molecule has 1 aliphatic rings. The minimum absolute atomic E-state index is 0.148. The molecule has 3 amide bonds. The fraction of sp³-hybridized carbons (Fsp3) is 0.118. The van der Waals surface area contributed by atoms with E-state index in [2.05, 4.69) is 5.32 Å². The van der Waals surface area contributed by atoms with Crippen molar-refractivity contribution in [3.63, 3.8) is 0 Å². The maximum absolute atomic E-state index is 12.4. The van der Waals surface area contributed by atoms with Crippen molar-refractivity contribution in [2.45, 2.75) is 6.54 Å². The zero-order chi connectivity index (χ0) is 18.0. The molecule has 25 heavy (non-hydrogen) atoms.